The summed E-state index contributed by atoms with van der Waals surface area (Å²) in [5, 5.41) is 16.5. The lowest BCUT2D eigenvalue weighted by molar-refractivity contribution is 0.0371. The van der Waals surface area contributed by atoms with E-state index in [-0.39, 0.29) is 36.6 Å². The van der Waals surface area contributed by atoms with Crippen LogP contribution in [0.15, 0.2) is 22.7 Å². The summed E-state index contributed by atoms with van der Waals surface area (Å²) in [4.78, 5) is 31.4. The Bertz CT molecular complexity index is 1020. The molecule has 2 aromatic rings. The van der Waals surface area contributed by atoms with Gasteiger partial charge in [-0.05, 0) is 39.0 Å². The molecule has 0 radical (unpaired) electrons. The van der Waals surface area contributed by atoms with E-state index >= 15 is 0 Å². The highest BCUT2D eigenvalue weighted by molar-refractivity contribution is 5.98. The Morgan fingerprint density at radius 2 is 2.03 bits per heavy atom. The summed E-state index contributed by atoms with van der Waals surface area (Å²) in [6.45, 7) is 7.83. The van der Waals surface area contributed by atoms with Gasteiger partial charge in [0.2, 0.25) is 0 Å². The number of anilines is 2. The number of aromatic nitrogens is 1. The van der Waals surface area contributed by atoms with Gasteiger partial charge < -0.3 is 34.4 Å². The third-order valence-corrected chi connectivity index (χ3v) is 6.23. The Balaban J connectivity index is 1.88. The Labute approximate surface area is 200 Å². The molecule has 3 atom stereocenters. The lowest BCUT2D eigenvalue weighted by atomic mass is 9.99. The number of carbonyl (C=O) groups excluding carboxylic acids is 2. The van der Waals surface area contributed by atoms with Crippen molar-refractivity contribution in [2.75, 3.05) is 51.1 Å². The molecular weight excluding hydrogens is 438 g/mol. The number of carbonyl (C=O) groups is 2. The summed E-state index contributed by atoms with van der Waals surface area (Å²) in [6, 6.07) is 4.82. The fraction of sp³-hybridized carbons (Fsp3) is 0.542. The number of fused-ring (bicyclic) bond motifs is 1. The second-order valence-electron chi connectivity index (χ2n) is 9.21. The maximum absolute atomic E-state index is 13.4. The van der Waals surface area contributed by atoms with Crippen LogP contribution in [0.5, 0.6) is 5.75 Å². The number of aryl methyl sites for hydroxylation is 2. The summed E-state index contributed by atoms with van der Waals surface area (Å²) >= 11 is 0. The van der Waals surface area contributed by atoms with E-state index in [9.17, 15) is 14.7 Å². The van der Waals surface area contributed by atoms with E-state index in [4.69, 9.17) is 9.26 Å². The van der Waals surface area contributed by atoms with Crippen molar-refractivity contribution >= 4 is 23.3 Å². The van der Waals surface area contributed by atoms with Gasteiger partial charge in [-0.15, -0.1) is 0 Å². The minimum atomic E-state index is -0.383. The average Bonchev–Trinajstić information content (AvgIpc) is 3.12. The number of nitrogens with one attached hydrogen (secondary N) is 1. The number of hydrogen-bond donors (Lipinski definition) is 2. The van der Waals surface area contributed by atoms with Gasteiger partial charge in [0.15, 0.2) is 5.76 Å². The van der Waals surface area contributed by atoms with E-state index in [2.05, 4.69) is 10.5 Å². The number of nitrogens with zero attached hydrogens (tertiary/aromatic N) is 4. The number of ether oxygens (including phenoxy) is 1. The van der Waals surface area contributed by atoms with Crippen LogP contribution < -0.4 is 15.0 Å². The van der Waals surface area contributed by atoms with Gasteiger partial charge in [-0.3, -0.25) is 4.79 Å². The van der Waals surface area contributed by atoms with Gasteiger partial charge in [0, 0.05) is 39.3 Å². The van der Waals surface area contributed by atoms with Crippen LogP contribution in [-0.2, 0) is 0 Å². The molecule has 1 aliphatic heterocycles. The first-order valence-electron chi connectivity index (χ1n) is 11.4. The van der Waals surface area contributed by atoms with Gasteiger partial charge in [0.25, 0.3) is 5.91 Å². The largest absolute Gasteiger partial charge is 0.487 e. The minimum absolute atomic E-state index is 0.103. The van der Waals surface area contributed by atoms with Crippen molar-refractivity contribution in [1.82, 2.24) is 15.0 Å². The number of benzene rings is 1. The minimum Gasteiger partial charge on any atom is -0.487 e. The number of likely N-dealkylation sites (N-methyl/N-ethyl adjacent to an activating group) is 1. The Morgan fingerprint density at radius 3 is 2.62 bits per heavy atom. The molecule has 3 amide bonds. The predicted octanol–water partition coefficient (Wildman–Crippen LogP) is 2.74. The Kier molecular flexibility index (Phi) is 7.71. The number of aliphatic hydroxyl groups is 1. The second kappa shape index (κ2) is 10.3. The highest BCUT2D eigenvalue weighted by Gasteiger charge is 2.34. The SMILES string of the molecule is Cc1noc(C)c1NC(=O)N(C)C[C@H]1Oc2ccc(N(C)C)cc2C(=O)N([C@H](C)CO)C[C@@H]1C. The van der Waals surface area contributed by atoms with Crippen LogP contribution >= 0.6 is 0 Å². The summed E-state index contributed by atoms with van der Waals surface area (Å²) < 4.78 is 11.5. The van der Waals surface area contributed by atoms with E-state index in [1.54, 1.807) is 42.8 Å². The lowest BCUT2D eigenvalue weighted by Gasteiger charge is -2.38. The van der Waals surface area contributed by atoms with Crippen LogP contribution in [0.4, 0.5) is 16.2 Å². The smallest absolute Gasteiger partial charge is 0.321 e. The molecule has 0 bridgehead atoms. The average molecular weight is 474 g/mol. The van der Waals surface area contributed by atoms with Crippen molar-refractivity contribution in [2.45, 2.75) is 39.8 Å². The fourth-order valence-electron chi connectivity index (χ4n) is 3.92. The molecule has 10 nitrogen and oxygen atoms in total. The number of aliphatic hydroxyl groups excluding tert-OH is 1. The zero-order valence-electron chi connectivity index (χ0n) is 21.0. The summed E-state index contributed by atoms with van der Waals surface area (Å²) in [6.07, 6.45) is -0.383. The third kappa shape index (κ3) is 5.27. The van der Waals surface area contributed by atoms with Gasteiger partial charge in [0.1, 0.15) is 23.2 Å². The van der Waals surface area contributed by atoms with E-state index in [1.165, 1.54) is 0 Å². The molecule has 0 unspecified atom stereocenters. The van der Waals surface area contributed by atoms with Crippen LogP contribution in [-0.4, -0.2) is 85.0 Å². The molecule has 1 aromatic heterocycles. The van der Waals surface area contributed by atoms with Gasteiger partial charge in [-0.25, -0.2) is 4.79 Å². The molecule has 3 rings (SSSR count). The second-order valence-corrected chi connectivity index (χ2v) is 9.21. The highest BCUT2D eigenvalue weighted by Crippen LogP contribution is 2.31. The first-order chi connectivity index (χ1) is 16.0. The molecule has 1 aliphatic rings. The van der Waals surface area contributed by atoms with E-state index in [0.717, 1.165) is 5.69 Å². The van der Waals surface area contributed by atoms with Crippen LogP contribution in [0.1, 0.15) is 35.7 Å². The van der Waals surface area contributed by atoms with Crippen LogP contribution in [0.25, 0.3) is 0 Å². The molecule has 186 valence electrons. The fourth-order valence-corrected chi connectivity index (χ4v) is 3.92. The van der Waals surface area contributed by atoms with E-state index < -0.39 is 0 Å². The molecule has 2 N–H and O–H groups in total. The molecule has 0 saturated heterocycles. The van der Waals surface area contributed by atoms with Crippen molar-refractivity contribution in [1.29, 1.82) is 0 Å². The molecule has 2 heterocycles. The van der Waals surface area contributed by atoms with Crippen molar-refractivity contribution in [3.05, 3.63) is 35.2 Å². The molecule has 0 spiro atoms. The summed E-state index contributed by atoms with van der Waals surface area (Å²) in [5.41, 5.74) is 2.46. The first-order valence-corrected chi connectivity index (χ1v) is 11.4. The van der Waals surface area contributed by atoms with Crippen molar-refractivity contribution < 1.29 is 24.0 Å². The normalized spacial score (nSPS) is 18.9. The zero-order valence-corrected chi connectivity index (χ0v) is 21.0. The first kappa shape index (κ1) is 25.4. The van der Waals surface area contributed by atoms with Crippen LogP contribution in [0, 0.1) is 19.8 Å². The van der Waals surface area contributed by atoms with Gasteiger partial charge in [-0.2, -0.15) is 0 Å². The molecule has 0 aliphatic carbocycles. The number of urea groups is 1. The number of amides is 3. The van der Waals surface area contributed by atoms with Gasteiger partial charge in [-0.1, -0.05) is 12.1 Å². The molecule has 10 heteroatoms. The molecule has 1 aromatic carbocycles. The maximum atomic E-state index is 13.4. The third-order valence-electron chi connectivity index (χ3n) is 6.23. The topological polar surface area (TPSA) is 111 Å². The number of rotatable bonds is 6. The summed E-state index contributed by atoms with van der Waals surface area (Å²) in [5.74, 6) is 0.707. The quantitative estimate of drug-likeness (QED) is 0.664. The van der Waals surface area contributed by atoms with Crippen LogP contribution in [0.2, 0.25) is 0 Å². The van der Waals surface area contributed by atoms with Gasteiger partial charge in [0.05, 0.1) is 24.8 Å². The van der Waals surface area contributed by atoms with Crippen LogP contribution in [0.3, 0.4) is 0 Å². The van der Waals surface area contributed by atoms with Crippen molar-refractivity contribution in [2.24, 2.45) is 5.92 Å². The molecule has 34 heavy (non-hydrogen) atoms. The maximum Gasteiger partial charge on any atom is 0.321 e. The van der Waals surface area contributed by atoms with Crippen molar-refractivity contribution in [3.63, 3.8) is 0 Å². The molecule has 0 saturated carbocycles. The zero-order chi connectivity index (χ0) is 25.2. The van der Waals surface area contributed by atoms with E-state index in [0.29, 0.717) is 41.5 Å². The lowest BCUT2D eigenvalue weighted by Crippen LogP contribution is -2.50. The predicted molar refractivity (Wildman–Crippen MR) is 130 cm³/mol. The molecular formula is C24H35N5O5. The van der Waals surface area contributed by atoms with E-state index in [1.807, 2.05) is 38.9 Å². The molecule has 0 fully saturated rings. The Hall–Kier alpha value is -3.27. The van der Waals surface area contributed by atoms with Crippen molar-refractivity contribution in [3.8, 4) is 5.75 Å². The highest BCUT2D eigenvalue weighted by atomic mass is 16.5. The summed E-state index contributed by atoms with van der Waals surface area (Å²) in [7, 11) is 5.50. The number of hydrogen-bond acceptors (Lipinski definition) is 7. The standard InChI is InChI=1S/C24H35N5O5/c1-14-11-29(15(2)13-30)23(31)19-10-18(27(5)6)8-9-20(19)33-21(14)12-28(7)24(32)25-22-16(3)26-34-17(22)4/h8-10,14-15,21,30H,11-13H2,1-7H3,(H,25,32)/t14-,15+,21+/m0/s1. The van der Waals surface area contributed by atoms with Gasteiger partial charge >= 0.3 is 6.03 Å². The monoisotopic (exact) mass is 473 g/mol. The Morgan fingerprint density at radius 1 is 1.32 bits per heavy atom.